The summed E-state index contributed by atoms with van der Waals surface area (Å²) in [5, 5.41) is 1.28. The van der Waals surface area contributed by atoms with E-state index in [1.54, 1.807) is 11.3 Å². The summed E-state index contributed by atoms with van der Waals surface area (Å²) in [6.07, 6.45) is 4.35. The molecule has 2 nitrogen and oxygen atoms in total. The van der Waals surface area contributed by atoms with Gasteiger partial charge in [-0.1, -0.05) is 38.5 Å². The minimum Gasteiger partial charge on any atom is -0.338 e. The highest BCUT2D eigenvalue weighted by atomic mass is 32.1. The predicted molar refractivity (Wildman–Crippen MR) is 90.1 cm³/mol. The summed E-state index contributed by atoms with van der Waals surface area (Å²) in [6, 6.07) is 8.43. The number of piperidine rings is 1. The smallest absolute Gasteiger partial charge is 0.264 e. The summed E-state index contributed by atoms with van der Waals surface area (Å²) in [6.45, 7) is 6.30. The highest BCUT2D eigenvalue weighted by Crippen LogP contribution is 2.33. The van der Waals surface area contributed by atoms with E-state index in [2.05, 4.69) is 43.0 Å². The van der Waals surface area contributed by atoms with E-state index in [0.29, 0.717) is 0 Å². The van der Waals surface area contributed by atoms with Gasteiger partial charge in [-0.3, -0.25) is 4.79 Å². The number of carbonyl (C=O) groups is 1. The van der Waals surface area contributed by atoms with Crippen LogP contribution in [0.15, 0.2) is 24.3 Å². The fraction of sp³-hybridized carbons (Fsp3) is 0.500. The van der Waals surface area contributed by atoms with Crippen LogP contribution in [0.25, 0.3) is 10.1 Å². The number of aryl methyl sites for hydroxylation is 1. The molecule has 1 fully saturated rings. The minimum atomic E-state index is 0.256. The lowest BCUT2D eigenvalue weighted by Gasteiger charge is -2.30. The molecule has 1 aromatic carbocycles. The van der Waals surface area contributed by atoms with E-state index in [-0.39, 0.29) is 5.91 Å². The van der Waals surface area contributed by atoms with Crippen molar-refractivity contribution in [2.45, 2.75) is 39.5 Å². The van der Waals surface area contributed by atoms with E-state index < -0.39 is 0 Å². The lowest BCUT2D eigenvalue weighted by molar-refractivity contribution is 0.0701. The molecule has 2 heterocycles. The Morgan fingerprint density at radius 3 is 2.71 bits per heavy atom. The monoisotopic (exact) mass is 301 g/mol. The number of likely N-dealkylation sites (tertiary alicyclic amines) is 1. The van der Waals surface area contributed by atoms with Gasteiger partial charge in [0, 0.05) is 17.8 Å². The second kappa shape index (κ2) is 6.18. The molecule has 0 radical (unpaired) electrons. The Morgan fingerprint density at radius 1 is 1.29 bits per heavy atom. The number of hydrogen-bond acceptors (Lipinski definition) is 2. The summed E-state index contributed by atoms with van der Waals surface area (Å²) in [5.41, 5.74) is 1.27. The molecular weight excluding hydrogens is 278 g/mol. The number of nitrogens with zero attached hydrogens (tertiary/aromatic N) is 1. The first-order valence-electron chi connectivity index (χ1n) is 8.00. The summed E-state index contributed by atoms with van der Waals surface area (Å²) in [4.78, 5) is 15.9. The largest absolute Gasteiger partial charge is 0.338 e. The zero-order valence-corrected chi connectivity index (χ0v) is 13.7. The van der Waals surface area contributed by atoms with E-state index in [1.165, 1.54) is 15.6 Å². The zero-order valence-electron chi connectivity index (χ0n) is 12.9. The van der Waals surface area contributed by atoms with Crippen molar-refractivity contribution in [3.63, 3.8) is 0 Å². The van der Waals surface area contributed by atoms with Crippen LogP contribution in [-0.4, -0.2) is 23.9 Å². The van der Waals surface area contributed by atoms with Gasteiger partial charge >= 0.3 is 0 Å². The lowest BCUT2D eigenvalue weighted by atomic mass is 9.98. The first-order chi connectivity index (χ1) is 10.2. The van der Waals surface area contributed by atoms with Gasteiger partial charge in [0.15, 0.2) is 0 Å². The fourth-order valence-electron chi connectivity index (χ4n) is 3.13. The van der Waals surface area contributed by atoms with Crippen LogP contribution in [0.2, 0.25) is 0 Å². The second-order valence-electron chi connectivity index (χ2n) is 6.13. The van der Waals surface area contributed by atoms with Crippen LogP contribution in [0, 0.1) is 5.92 Å². The van der Waals surface area contributed by atoms with Crippen molar-refractivity contribution in [2.75, 3.05) is 13.1 Å². The van der Waals surface area contributed by atoms with E-state index in [1.807, 2.05) is 0 Å². The van der Waals surface area contributed by atoms with Crippen LogP contribution in [0.5, 0.6) is 0 Å². The van der Waals surface area contributed by atoms with Crippen LogP contribution in [-0.2, 0) is 6.42 Å². The Labute approximate surface area is 130 Å². The molecule has 0 aliphatic carbocycles. The van der Waals surface area contributed by atoms with Crippen LogP contribution < -0.4 is 0 Å². The van der Waals surface area contributed by atoms with Gasteiger partial charge in [0.1, 0.15) is 0 Å². The maximum absolute atomic E-state index is 12.9. The summed E-state index contributed by atoms with van der Waals surface area (Å²) >= 11 is 1.68. The molecule has 0 N–H and O–H groups in total. The number of thiophene rings is 1. The molecule has 3 rings (SSSR count). The molecule has 0 atom stereocenters. The van der Waals surface area contributed by atoms with Gasteiger partial charge in [-0.05, 0) is 42.2 Å². The third-order valence-corrected chi connectivity index (χ3v) is 5.66. The minimum absolute atomic E-state index is 0.256. The lowest BCUT2D eigenvalue weighted by Crippen LogP contribution is -2.37. The van der Waals surface area contributed by atoms with Crippen molar-refractivity contribution in [3.05, 3.63) is 34.7 Å². The van der Waals surface area contributed by atoms with Gasteiger partial charge in [0.05, 0.1) is 4.88 Å². The van der Waals surface area contributed by atoms with Gasteiger partial charge in [-0.2, -0.15) is 0 Å². The quantitative estimate of drug-likeness (QED) is 0.803. The number of benzene rings is 1. The SMILES string of the molecule is CCCc1c(C(=O)N2CCC(C)CC2)sc2ccccc12. The van der Waals surface area contributed by atoms with Crippen molar-refractivity contribution < 1.29 is 4.79 Å². The average molecular weight is 301 g/mol. The third kappa shape index (κ3) is 2.84. The highest BCUT2D eigenvalue weighted by molar-refractivity contribution is 7.21. The van der Waals surface area contributed by atoms with Crippen molar-refractivity contribution in [1.29, 1.82) is 0 Å². The van der Waals surface area contributed by atoms with E-state index >= 15 is 0 Å². The highest BCUT2D eigenvalue weighted by Gasteiger charge is 2.25. The van der Waals surface area contributed by atoms with Crippen molar-refractivity contribution in [2.24, 2.45) is 5.92 Å². The van der Waals surface area contributed by atoms with Crippen molar-refractivity contribution >= 4 is 27.3 Å². The Bertz CT molecular complexity index is 638. The molecule has 1 saturated heterocycles. The molecule has 0 spiro atoms. The molecule has 1 aliphatic rings. The molecule has 1 amide bonds. The molecule has 1 aromatic heterocycles. The number of amides is 1. The Hall–Kier alpha value is -1.35. The van der Waals surface area contributed by atoms with E-state index in [9.17, 15) is 4.79 Å². The van der Waals surface area contributed by atoms with Crippen LogP contribution in [0.1, 0.15) is 48.3 Å². The summed E-state index contributed by atoms with van der Waals surface area (Å²) in [7, 11) is 0. The van der Waals surface area contributed by atoms with Crippen molar-refractivity contribution in [1.82, 2.24) is 4.90 Å². The maximum atomic E-state index is 12.9. The van der Waals surface area contributed by atoms with Crippen LogP contribution in [0.3, 0.4) is 0 Å². The standard InChI is InChI=1S/C18H23NOS/c1-3-6-15-14-7-4-5-8-16(14)21-17(15)18(20)19-11-9-13(2)10-12-19/h4-5,7-8,13H,3,6,9-12H2,1-2H3. The molecule has 21 heavy (non-hydrogen) atoms. The molecule has 2 aromatic rings. The first kappa shape index (κ1) is 14.6. The Morgan fingerprint density at radius 2 is 2.00 bits per heavy atom. The number of carbonyl (C=O) groups excluding carboxylic acids is 1. The molecule has 112 valence electrons. The zero-order chi connectivity index (χ0) is 14.8. The summed E-state index contributed by atoms with van der Waals surface area (Å²) < 4.78 is 1.25. The molecular formula is C18H23NOS. The molecule has 0 bridgehead atoms. The molecule has 3 heteroatoms. The van der Waals surface area contributed by atoms with Crippen LogP contribution >= 0.6 is 11.3 Å². The normalized spacial score (nSPS) is 16.6. The third-order valence-electron chi connectivity index (χ3n) is 4.46. The second-order valence-corrected chi connectivity index (χ2v) is 7.18. The molecule has 0 unspecified atom stereocenters. The maximum Gasteiger partial charge on any atom is 0.264 e. The number of hydrogen-bond donors (Lipinski definition) is 0. The van der Waals surface area contributed by atoms with Gasteiger partial charge in [-0.15, -0.1) is 11.3 Å². The van der Waals surface area contributed by atoms with E-state index in [0.717, 1.165) is 49.6 Å². The van der Waals surface area contributed by atoms with Gasteiger partial charge in [-0.25, -0.2) is 0 Å². The topological polar surface area (TPSA) is 20.3 Å². The van der Waals surface area contributed by atoms with Gasteiger partial charge < -0.3 is 4.90 Å². The van der Waals surface area contributed by atoms with Crippen molar-refractivity contribution in [3.8, 4) is 0 Å². The Kier molecular flexibility index (Phi) is 4.29. The van der Waals surface area contributed by atoms with Crippen LogP contribution in [0.4, 0.5) is 0 Å². The Balaban J connectivity index is 1.95. The molecule has 0 saturated carbocycles. The van der Waals surface area contributed by atoms with Gasteiger partial charge in [0.2, 0.25) is 0 Å². The number of rotatable bonds is 3. The predicted octanol–water partition coefficient (Wildman–Crippen LogP) is 4.73. The molecule has 1 aliphatic heterocycles. The first-order valence-corrected chi connectivity index (χ1v) is 8.82. The summed E-state index contributed by atoms with van der Waals surface area (Å²) in [5.74, 6) is 1.01. The average Bonchev–Trinajstić information content (AvgIpc) is 2.87. The van der Waals surface area contributed by atoms with Gasteiger partial charge in [0.25, 0.3) is 5.91 Å². The number of fused-ring (bicyclic) bond motifs is 1. The fourth-order valence-corrected chi connectivity index (χ4v) is 4.34. The van der Waals surface area contributed by atoms with E-state index in [4.69, 9.17) is 0 Å².